The van der Waals surface area contributed by atoms with Gasteiger partial charge in [0.15, 0.2) is 0 Å². The normalized spacial score (nSPS) is 15.4. The number of fused-ring (bicyclic) bond motifs is 1. The molecule has 1 aliphatic heterocycles. The molecule has 0 saturated heterocycles. The van der Waals surface area contributed by atoms with Crippen LogP contribution in [-0.2, 0) is 11.2 Å². The monoisotopic (exact) mass is 378 g/mol. The molecule has 1 amide bonds. The summed E-state index contributed by atoms with van der Waals surface area (Å²) in [5.74, 6) is 1.08. The molecule has 0 aliphatic carbocycles. The fraction of sp³-hybridized carbons (Fsp3) is 0.238. The molecule has 0 spiro atoms. The molecule has 1 atom stereocenters. The van der Waals surface area contributed by atoms with E-state index in [-0.39, 0.29) is 11.8 Å². The third-order valence-corrected chi connectivity index (χ3v) is 4.70. The topological polar surface area (TPSA) is 102 Å². The molecule has 2 heterocycles. The average molecular weight is 378 g/mol. The Balaban J connectivity index is 1.52. The van der Waals surface area contributed by atoms with Crippen molar-refractivity contribution in [3.8, 4) is 22.6 Å². The number of para-hydroxylation sites is 1. The van der Waals surface area contributed by atoms with Gasteiger partial charge in [-0.1, -0.05) is 24.3 Å². The second kappa shape index (κ2) is 8.14. The number of carbonyl (C=O) groups is 1. The molecule has 144 valence electrons. The number of carbonyl (C=O) groups excluding carboxylic acids is 1. The summed E-state index contributed by atoms with van der Waals surface area (Å²) in [6.45, 7) is 1.10. The molecule has 0 bridgehead atoms. The lowest BCUT2D eigenvalue weighted by Crippen LogP contribution is -2.32. The van der Waals surface area contributed by atoms with Crippen LogP contribution in [0.15, 0.2) is 54.9 Å². The number of aromatic nitrogens is 2. The lowest BCUT2D eigenvalue weighted by molar-refractivity contribution is -0.121. The van der Waals surface area contributed by atoms with E-state index in [0.29, 0.717) is 37.6 Å². The summed E-state index contributed by atoms with van der Waals surface area (Å²) in [6.07, 6.45) is 4.18. The standard InChI is InChI=1S/C21H22N4O3/c22-7-8-27-20-10-14(17-11-23-24-12-17)5-6-18(20)25-21(26)16-9-15-3-1-2-4-19(15)28-13-16/h1-6,10-12,16H,7-9,13,22H2,(H,23,24)(H,25,26). The van der Waals surface area contributed by atoms with Gasteiger partial charge in [-0.05, 0) is 35.7 Å². The van der Waals surface area contributed by atoms with E-state index in [0.717, 1.165) is 22.4 Å². The van der Waals surface area contributed by atoms with Gasteiger partial charge >= 0.3 is 0 Å². The van der Waals surface area contributed by atoms with Crippen LogP contribution in [0.1, 0.15) is 5.56 Å². The van der Waals surface area contributed by atoms with Crippen molar-refractivity contribution in [2.24, 2.45) is 11.7 Å². The number of amides is 1. The second-order valence-electron chi connectivity index (χ2n) is 6.64. The van der Waals surface area contributed by atoms with Gasteiger partial charge in [-0.15, -0.1) is 0 Å². The zero-order valence-corrected chi connectivity index (χ0v) is 15.4. The largest absolute Gasteiger partial charge is 0.492 e. The summed E-state index contributed by atoms with van der Waals surface area (Å²) >= 11 is 0. The van der Waals surface area contributed by atoms with Crippen molar-refractivity contribution in [2.45, 2.75) is 6.42 Å². The summed E-state index contributed by atoms with van der Waals surface area (Å²) in [5.41, 5.74) is 9.12. The van der Waals surface area contributed by atoms with Crippen molar-refractivity contribution in [1.82, 2.24) is 10.2 Å². The summed E-state index contributed by atoms with van der Waals surface area (Å²) in [7, 11) is 0. The van der Waals surface area contributed by atoms with E-state index in [1.165, 1.54) is 0 Å². The first-order valence-corrected chi connectivity index (χ1v) is 9.22. The first kappa shape index (κ1) is 18.1. The van der Waals surface area contributed by atoms with E-state index in [4.69, 9.17) is 15.2 Å². The van der Waals surface area contributed by atoms with E-state index in [9.17, 15) is 4.79 Å². The Labute approximate surface area is 162 Å². The third kappa shape index (κ3) is 3.84. The smallest absolute Gasteiger partial charge is 0.231 e. The van der Waals surface area contributed by atoms with Gasteiger partial charge in [-0.25, -0.2) is 0 Å². The molecule has 7 heteroatoms. The zero-order valence-electron chi connectivity index (χ0n) is 15.4. The number of anilines is 1. The van der Waals surface area contributed by atoms with Crippen molar-refractivity contribution in [2.75, 3.05) is 25.1 Å². The highest BCUT2D eigenvalue weighted by Gasteiger charge is 2.26. The predicted octanol–water partition coefficient (Wildman–Crippen LogP) is 2.60. The summed E-state index contributed by atoms with van der Waals surface area (Å²) in [5, 5.41) is 9.75. The number of ether oxygens (including phenoxy) is 2. The van der Waals surface area contributed by atoms with Gasteiger partial charge in [0.05, 0.1) is 17.8 Å². The molecule has 0 radical (unpaired) electrons. The van der Waals surface area contributed by atoms with Crippen molar-refractivity contribution in [1.29, 1.82) is 0 Å². The lowest BCUT2D eigenvalue weighted by Gasteiger charge is -2.25. The van der Waals surface area contributed by atoms with Crippen LogP contribution in [-0.4, -0.2) is 35.9 Å². The molecule has 1 aliphatic rings. The molecule has 3 aromatic rings. The number of hydrogen-bond donors (Lipinski definition) is 3. The Morgan fingerprint density at radius 2 is 2.18 bits per heavy atom. The minimum Gasteiger partial charge on any atom is -0.492 e. The van der Waals surface area contributed by atoms with Gasteiger partial charge in [-0.2, -0.15) is 5.10 Å². The summed E-state index contributed by atoms with van der Waals surface area (Å²) < 4.78 is 11.5. The minimum absolute atomic E-state index is 0.0943. The van der Waals surface area contributed by atoms with Crippen LogP contribution in [0.4, 0.5) is 5.69 Å². The maximum Gasteiger partial charge on any atom is 0.231 e. The average Bonchev–Trinajstić information content (AvgIpc) is 3.27. The van der Waals surface area contributed by atoms with E-state index in [2.05, 4.69) is 15.5 Å². The lowest BCUT2D eigenvalue weighted by atomic mass is 9.96. The molecule has 2 aromatic carbocycles. The third-order valence-electron chi connectivity index (χ3n) is 4.70. The van der Waals surface area contributed by atoms with Crippen LogP contribution in [0, 0.1) is 5.92 Å². The van der Waals surface area contributed by atoms with Gasteiger partial charge in [0.25, 0.3) is 0 Å². The molecule has 0 saturated carbocycles. The molecule has 0 fully saturated rings. The Hall–Kier alpha value is -3.32. The second-order valence-corrected chi connectivity index (χ2v) is 6.64. The summed E-state index contributed by atoms with van der Waals surface area (Å²) in [4.78, 5) is 12.8. The van der Waals surface area contributed by atoms with Gasteiger partial charge in [-0.3, -0.25) is 9.89 Å². The Kier molecular flexibility index (Phi) is 5.25. The van der Waals surface area contributed by atoms with Crippen LogP contribution in [0.25, 0.3) is 11.1 Å². The molecule has 1 aromatic heterocycles. The van der Waals surface area contributed by atoms with Crippen LogP contribution in [0.5, 0.6) is 11.5 Å². The maximum atomic E-state index is 12.8. The quantitative estimate of drug-likeness (QED) is 0.612. The number of hydrogen-bond acceptors (Lipinski definition) is 5. The molecular formula is C21H22N4O3. The van der Waals surface area contributed by atoms with Gasteiger partial charge < -0.3 is 20.5 Å². The fourth-order valence-corrected chi connectivity index (χ4v) is 3.23. The van der Waals surface area contributed by atoms with Crippen LogP contribution >= 0.6 is 0 Å². The highest BCUT2D eigenvalue weighted by molar-refractivity contribution is 5.95. The SMILES string of the molecule is NCCOc1cc(-c2cn[nH]c2)ccc1NC(=O)C1COc2ccccc2C1. The molecular weight excluding hydrogens is 356 g/mol. The van der Waals surface area contributed by atoms with Crippen LogP contribution in [0.2, 0.25) is 0 Å². The van der Waals surface area contributed by atoms with Gasteiger partial charge in [0.2, 0.25) is 5.91 Å². The van der Waals surface area contributed by atoms with Crippen molar-refractivity contribution in [3.63, 3.8) is 0 Å². The number of aromatic amines is 1. The fourth-order valence-electron chi connectivity index (χ4n) is 3.23. The predicted molar refractivity (Wildman–Crippen MR) is 106 cm³/mol. The van der Waals surface area contributed by atoms with Crippen molar-refractivity contribution < 1.29 is 14.3 Å². The van der Waals surface area contributed by atoms with E-state index in [1.54, 1.807) is 12.4 Å². The highest BCUT2D eigenvalue weighted by Crippen LogP contribution is 2.32. The number of nitrogens with zero attached hydrogens (tertiary/aromatic N) is 1. The molecule has 7 nitrogen and oxygen atoms in total. The van der Waals surface area contributed by atoms with E-state index < -0.39 is 0 Å². The van der Waals surface area contributed by atoms with E-state index in [1.807, 2.05) is 42.5 Å². The number of benzene rings is 2. The first-order chi connectivity index (χ1) is 13.7. The number of H-pyrrole nitrogens is 1. The van der Waals surface area contributed by atoms with Crippen LogP contribution in [0.3, 0.4) is 0 Å². The number of nitrogens with two attached hydrogens (primary N) is 1. The highest BCUT2D eigenvalue weighted by atomic mass is 16.5. The zero-order chi connectivity index (χ0) is 19.3. The molecule has 1 unspecified atom stereocenters. The number of nitrogens with one attached hydrogen (secondary N) is 2. The van der Waals surface area contributed by atoms with Gasteiger partial charge in [0, 0.05) is 18.3 Å². The van der Waals surface area contributed by atoms with E-state index >= 15 is 0 Å². The minimum atomic E-state index is -0.259. The number of rotatable bonds is 6. The Morgan fingerprint density at radius 3 is 3.00 bits per heavy atom. The Bertz CT molecular complexity index is 956. The van der Waals surface area contributed by atoms with Gasteiger partial charge in [0.1, 0.15) is 24.7 Å². The molecule has 28 heavy (non-hydrogen) atoms. The van der Waals surface area contributed by atoms with Crippen molar-refractivity contribution in [3.05, 3.63) is 60.4 Å². The Morgan fingerprint density at radius 1 is 1.29 bits per heavy atom. The van der Waals surface area contributed by atoms with Crippen molar-refractivity contribution >= 4 is 11.6 Å². The summed E-state index contributed by atoms with van der Waals surface area (Å²) in [6, 6.07) is 13.4. The maximum absolute atomic E-state index is 12.8. The molecule has 4 N–H and O–H groups in total. The molecule has 4 rings (SSSR count). The first-order valence-electron chi connectivity index (χ1n) is 9.22. The van der Waals surface area contributed by atoms with Crippen LogP contribution < -0.4 is 20.5 Å².